The largest absolute Gasteiger partial charge is 0.467 e. The molecule has 0 radical (unpaired) electrons. The first-order valence-electron chi connectivity index (χ1n) is 9.23. The molecule has 8 nitrogen and oxygen atoms in total. The second kappa shape index (κ2) is 7.67. The van der Waals surface area contributed by atoms with Gasteiger partial charge in [-0.3, -0.25) is 14.9 Å². The molecule has 0 fully saturated rings. The van der Waals surface area contributed by atoms with Gasteiger partial charge in [-0.1, -0.05) is 0 Å². The van der Waals surface area contributed by atoms with Crippen molar-refractivity contribution >= 4 is 34.0 Å². The van der Waals surface area contributed by atoms with Gasteiger partial charge in [-0.15, -0.1) is 11.3 Å². The summed E-state index contributed by atoms with van der Waals surface area (Å²) in [6, 6.07) is 5.92. The third-order valence-electron chi connectivity index (χ3n) is 4.94. The molecule has 0 atom stereocenters. The smallest absolute Gasteiger partial charge is 0.273 e. The predicted molar refractivity (Wildman–Crippen MR) is 111 cm³/mol. The zero-order valence-electron chi connectivity index (χ0n) is 16.4. The third kappa shape index (κ3) is 3.86. The Morgan fingerprint density at radius 2 is 2.17 bits per heavy atom. The second-order valence-electron chi connectivity index (χ2n) is 6.91. The summed E-state index contributed by atoms with van der Waals surface area (Å²) < 4.78 is 7.64. The number of amides is 2. The summed E-state index contributed by atoms with van der Waals surface area (Å²) in [5.74, 6) is 0.470. The number of thiazole rings is 1. The van der Waals surface area contributed by atoms with Crippen molar-refractivity contribution in [3.05, 3.63) is 47.0 Å². The molecule has 0 spiro atoms. The fraction of sp³-hybridized carbons (Fsp3) is 0.300. The number of hydrogen-bond acceptors (Lipinski definition) is 6. The van der Waals surface area contributed by atoms with E-state index in [-0.39, 0.29) is 18.2 Å². The van der Waals surface area contributed by atoms with Crippen LogP contribution in [0.1, 0.15) is 30.0 Å². The van der Waals surface area contributed by atoms with Gasteiger partial charge in [0.05, 0.1) is 18.5 Å². The lowest BCUT2D eigenvalue weighted by Gasteiger charge is -2.18. The van der Waals surface area contributed by atoms with Crippen LogP contribution in [0.4, 0.5) is 5.13 Å². The van der Waals surface area contributed by atoms with Crippen LogP contribution in [0.5, 0.6) is 0 Å². The summed E-state index contributed by atoms with van der Waals surface area (Å²) in [5, 5.41) is 10.5. The van der Waals surface area contributed by atoms with Gasteiger partial charge in [-0.2, -0.15) is 5.10 Å². The Morgan fingerprint density at radius 1 is 1.34 bits per heavy atom. The molecule has 4 rings (SSSR count). The number of hydrogen-bond donors (Lipinski definition) is 1. The molecule has 150 valence electrons. The molecule has 9 heteroatoms. The topological polar surface area (TPSA) is 92.7 Å². The maximum Gasteiger partial charge on any atom is 0.273 e. The third-order valence-corrected chi connectivity index (χ3v) is 5.70. The lowest BCUT2D eigenvalue weighted by atomic mass is 10.1. The predicted octanol–water partition coefficient (Wildman–Crippen LogP) is 3.42. The van der Waals surface area contributed by atoms with Gasteiger partial charge in [-0.25, -0.2) is 9.99 Å². The molecule has 3 aromatic heterocycles. The van der Waals surface area contributed by atoms with Crippen molar-refractivity contribution < 1.29 is 14.0 Å². The van der Waals surface area contributed by atoms with E-state index in [0.717, 1.165) is 28.4 Å². The van der Waals surface area contributed by atoms with E-state index >= 15 is 0 Å². The highest BCUT2D eigenvalue weighted by atomic mass is 32.1. The Morgan fingerprint density at radius 3 is 2.90 bits per heavy atom. The van der Waals surface area contributed by atoms with Crippen LogP contribution in [0.25, 0.3) is 11.3 Å². The number of anilines is 1. The highest BCUT2D eigenvalue weighted by Gasteiger charge is 2.23. The van der Waals surface area contributed by atoms with E-state index in [9.17, 15) is 9.59 Å². The Labute approximate surface area is 171 Å². The lowest BCUT2D eigenvalue weighted by molar-refractivity contribution is -0.130. The van der Waals surface area contributed by atoms with E-state index in [1.165, 1.54) is 16.3 Å². The zero-order chi connectivity index (χ0) is 20.5. The van der Waals surface area contributed by atoms with Gasteiger partial charge in [-0.05, 0) is 32.0 Å². The van der Waals surface area contributed by atoms with Crippen LogP contribution in [0.3, 0.4) is 0 Å². The van der Waals surface area contributed by atoms with Crippen molar-refractivity contribution in [3.63, 3.8) is 0 Å². The first-order valence-corrected chi connectivity index (χ1v) is 10.1. The van der Waals surface area contributed by atoms with Crippen molar-refractivity contribution in [1.82, 2.24) is 14.6 Å². The Balaban J connectivity index is 1.51. The normalized spacial score (nSPS) is 14.2. The number of aryl methyl sites for hydroxylation is 1. The van der Waals surface area contributed by atoms with Crippen molar-refractivity contribution in [3.8, 4) is 11.3 Å². The number of rotatable bonds is 5. The molecular formula is C20H21N5O3S. The van der Waals surface area contributed by atoms with E-state index in [1.807, 2.05) is 31.4 Å². The number of carbonyl (C=O) groups is 2. The summed E-state index contributed by atoms with van der Waals surface area (Å²) in [6.07, 6.45) is 2.29. The van der Waals surface area contributed by atoms with Crippen LogP contribution >= 0.6 is 11.3 Å². The van der Waals surface area contributed by atoms with Crippen molar-refractivity contribution in [2.45, 2.75) is 33.2 Å². The average Bonchev–Trinajstić information content (AvgIpc) is 3.42. The minimum absolute atomic E-state index is 0.0945. The van der Waals surface area contributed by atoms with Crippen LogP contribution in [0.2, 0.25) is 0 Å². The number of nitrogens with one attached hydrogen (secondary N) is 1. The summed E-state index contributed by atoms with van der Waals surface area (Å²) in [5.41, 5.74) is 4.35. The maximum atomic E-state index is 12.4. The quantitative estimate of drug-likeness (QED) is 0.696. The molecule has 0 saturated carbocycles. The average molecular weight is 411 g/mol. The lowest BCUT2D eigenvalue weighted by Crippen LogP contribution is -2.34. The van der Waals surface area contributed by atoms with Crippen molar-refractivity contribution in [2.75, 3.05) is 12.4 Å². The highest BCUT2D eigenvalue weighted by molar-refractivity contribution is 7.14. The van der Waals surface area contributed by atoms with E-state index in [2.05, 4.69) is 26.0 Å². The summed E-state index contributed by atoms with van der Waals surface area (Å²) in [6.45, 7) is 4.75. The molecule has 0 bridgehead atoms. The molecule has 1 aliphatic heterocycles. The zero-order valence-corrected chi connectivity index (χ0v) is 17.2. The molecule has 0 aliphatic carbocycles. The van der Waals surface area contributed by atoms with E-state index in [0.29, 0.717) is 23.8 Å². The van der Waals surface area contributed by atoms with Gasteiger partial charge in [0.2, 0.25) is 5.91 Å². The van der Waals surface area contributed by atoms with Gasteiger partial charge >= 0.3 is 0 Å². The fourth-order valence-electron chi connectivity index (χ4n) is 3.32. The first kappa shape index (κ1) is 19.1. The number of nitrogens with zero attached hydrogens (tertiary/aromatic N) is 4. The van der Waals surface area contributed by atoms with Crippen LogP contribution in [0.15, 0.2) is 39.4 Å². The fourth-order valence-corrected chi connectivity index (χ4v) is 4.02. The van der Waals surface area contributed by atoms with E-state index < -0.39 is 0 Å². The molecule has 2 amide bonds. The van der Waals surface area contributed by atoms with Crippen LogP contribution in [-0.2, 0) is 16.1 Å². The first-order chi connectivity index (χ1) is 13.9. The van der Waals surface area contributed by atoms with Gasteiger partial charge in [0.1, 0.15) is 11.5 Å². The Bertz CT molecular complexity index is 1090. The standard InChI is InChI=1S/C20H21N5O3S/c1-12-9-15(13(2)25(12)10-14-5-4-8-28-14)17-11-29-20(21-17)22-19(27)16-6-7-18(26)24(3)23-16/h4-5,8-9,11H,6-7,10H2,1-3H3,(H,21,22,27). The van der Waals surface area contributed by atoms with Crippen LogP contribution < -0.4 is 5.32 Å². The van der Waals surface area contributed by atoms with Crippen LogP contribution in [0, 0.1) is 13.8 Å². The summed E-state index contributed by atoms with van der Waals surface area (Å²) >= 11 is 1.36. The molecule has 1 N–H and O–H groups in total. The maximum absolute atomic E-state index is 12.4. The molecule has 4 heterocycles. The molecular weight excluding hydrogens is 390 g/mol. The monoisotopic (exact) mass is 411 g/mol. The second-order valence-corrected chi connectivity index (χ2v) is 7.76. The molecule has 0 unspecified atom stereocenters. The van der Waals surface area contributed by atoms with Crippen molar-refractivity contribution in [2.24, 2.45) is 5.10 Å². The number of aromatic nitrogens is 2. The van der Waals surface area contributed by atoms with Crippen molar-refractivity contribution in [1.29, 1.82) is 0 Å². The number of furan rings is 1. The van der Waals surface area contributed by atoms with Crippen LogP contribution in [-0.4, -0.2) is 39.1 Å². The van der Waals surface area contributed by atoms with Gasteiger partial charge < -0.3 is 8.98 Å². The highest BCUT2D eigenvalue weighted by Crippen LogP contribution is 2.30. The van der Waals surface area contributed by atoms with E-state index in [4.69, 9.17) is 4.42 Å². The molecule has 3 aromatic rings. The number of carbonyl (C=O) groups excluding carboxylic acids is 2. The summed E-state index contributed by atoms with van der Waals surface area (Å²) in [4.78, 5) is 28.5. The van der Waals surface area contributed by atoms with Gasteiger partial charge in [0.15, 0.2) is 5.13 Å². The molecule has 1 aliphatic rings. The number of hydrazone groups is 1. The minimum Gasteiger partial charge on any atom is -0.467 e. The summed E-state index contributed by atoms with van der Waals surface area (Å²) in [7, 11) is 1.55. The van der Waals surface area contributed by atoms with E-state index in [1.54, 1.807) is 13.3 Å². The molecule has 0 aromatic carbocycles. The minimum atomic E-state index is -0.325. The SMILES string of the molecule is Cc1cc(-c2csc(NC(=O)C3=NN(C)C(=O)CC3)n2)c(C)n1Cc1ccco1. The van der Waals surface area contributed by atoms with Gasteiger partial charge in [0.25, 0.3) is 5.91 Å². The Hall–Kier alpha value is -3.20. The molecule has 0 saturated heterocycles. The van der Waals surface area contributed by atoms with Gasteiger partial charge in [0, 0.05) is 42.2 Å². The molecule has 29 heavy (non-hydrogen) atoms. The Kier molecular flexibility index (Phi) is 5.06.